The zero-order valence-electron chi connectivity index (χ0n) is 12.1. The van der Waals surface area contributed by atoms with E-state index >= 15 is 0 Å². The fourth-order valence-corrected chi connectivity index (χ4v) is 1.91. The number of carbonyl (C=O) groups excluding carboxylic acids is 1. The molecular weight excluding hydrogens is 271 g/mol. The van der Waals surface area contributed by atoms with Crippen LogP contribution in [0.1, 0.15) is 29.3 Å². The molecule has 110 valence electrons. The summed E-state index contributed by atoms with van der Waals surface area (Å²) < 4.78 is 24.4. The molecule has 21 heavy (non-hydrogen) atoms. The molecule has 0 bridgehead atoms. The molecule has 0 aliphatic heterocycles. The molecule has 0 saturated carbocycles. The number of ketones is 1. The predicted molar refractivity (Wildman–Crippen MR) is 78.6 cm³/mol. The fraction of sp³-hybridized carbons (Fsp3) is 0.235. The third kappa shape index (κ3) is 3.60. The van der Waals surface area contributed by atoms with Gasteiger partial charge in [-0.05, 0) is 30.7 Å². The van der Waals surface area contributed by atoms with E-state index in [0.29, 0.717) is 23.7 Å². The molecular formula is C17H17FO3. The fourth-order valence-electron chi connectivity index (χ4n) is 1.91. The van der Waals surface area contributed by atoms with Gasteiger partial charge in [0.2, 0.25) is 0 Å². The molecule has 0 amide bonds. The van der Waals surface area contributed by atoms with Gasteiger partial charge in [0, 0.05) is 11.6 Å². The molecule has 0 aliphatic rings. The van der Waals surface area contributed by atoms with E-state index < -0.39 is 5.82 Å². The van der Waals surface area contributed by atoms with Crippen LogP contribution in [0.4, 0.5) is 4.39 Å². The van der Waals surface area contributed by atoms with Gasteiger partial charge in [-0.15, -0.1) is 0 Å². The van der Waals surface area contributed by atoms with Crippen molar-refractivity contribution in [2.45, 2.75) is 13.3 Å². The van der Waals surface area contributed by atoms with E-state index in [2.05, 4.69) is 0 Å². The maximum absolute atomic E-state index is 13.9. The van der Waals surface area contributed by atoms with E-state index in [1.54, 1.807) is 30.3 Å². The van der Waals surface area contributed by atoms with Crippen LogP contribution in [0.3, 0.4) is 0 Å². The number of rotatable bonds is 6. The van der Waals surface area contributed by atoms with Gasteiger partial charge in [-0.2, -0.15) is 0 Å². The molecule has 0 saturated heterocycles. The van der Waals surface area contributed by atoms with Gasteiger partial charge < -0.3 is 9.47 Å². The molecule has 0 spiro atoms. The number of carbonyl (C=O) groups is 1. The number of hydrogen-bond donors (Lipinski definition) is 0. The zero-order valence-corrected chi connectivity index (χ0v) is 12.1. The van der Waals surface area contributed by atoms with Gasteiger partial charge in [0.25, 0.3) is 0 Å². The average Bonchev–Trinajstić information content (AvgIpc) is 2.52. The lowest BCUT2D eigenvalue weighted by atomic mass is 10.0. The van der Waals surface area contributed by atoms with Gasteiger partial charge >= 0.3 is 0 Å². The Morgan fingerprint density at radius 3 is 2.62 bits per heavy atom. The van der Waals surface area contributed by atoms with Gasteiger partial charge in [-0.1, -0.05) is 19.1 Å². The monoisotopic (exact) mass is 288 g/mol. The van der Waals surface area contributed by atoms with Crippen molar-refractivity contribution in [1.82, 2.24) is 0 Å². The summed E-state index contributed by atoms with van der Waals surface area (Å²) in [4.78, 5) is 12.4. The van der Waals surface area contributed by atoms with Gasteiger partial charge in [-0.25, -0.2) is 4.39 Å². The molecule has 0 aliphatic carbocycles. The zero-order chi connectivity index (χ0) is 15.2. The van der Waals surface area contributed by atoms with Crippen molar-refractivity contribution >= 4 is 5.78 Å². The Bertz CT molecular complexity index is 638. The number of hydrogen-bond acceptors (Lipinski definition) is 3. The largest absolute Gasteiger partial charge is 0.497 e. The molecule has 4 heteroatoms. The van der Waals surface area contributed by atoms with E-state index in [0.717, 1.165) is 6.42 Å². The summed E-state index contributed by atoms with van der Waals surface area (Å²) in [5.41, 5.74) is 0.413. The standard InChI is InChI=1S/C17H17FO3/c1-3-9-21-14-6-4-5-12(10-14)17(19)15-8-7-13(20-2)11-16(15)18/h4-8,10-11H,3,9H2,1-2H3. The Balaban J connectivity index is 2.27. The number of benzene rings is 2. The highest BCUT2D eigenvalue weighted by Gasteiger charge is 2.15. The second-order valence-corrected chi connectivity index (χ2v) is 4.55. The Labute approximate surface area is 123 Å². The summed E-state index contributed by atoms with van der Waals surface area (Å²) in [5, 5.41) is 0. The predicted octanol–water partition coefficient (Wildman–Crippen LogP) is 3.85. The Morgan fingerprint density at radius 1 is 1.14 bits per heavy atom. The molecule has 0 fully saturated rings. The van der Waals surface area contributed by atoms with Crippen molar-refractivity contribution < 1.29 is 18.7 Å². The summed E-state index contributed by atoms with van der Waals surface area (Å²) in [7, 11) is 1.45. The van der Waals surface area contributed by atoms with Crippen molar-refractivity contribution in [2.75, 3.05) is 13.7 Å². The molecule has 2 aromatic carbocycles. The van der Waals surface area contributed by atoms with Gasteiger partial charge in [0.05, 0.1) is 19.3 Å². The Morgan fingerprint density at radius 2 is 1.95 bits per heavy atom. The van der Waals surface area contributed by atoms with Gasteiger partial charge in [-0.3, -0.25) is 4.79 Å². The topological polar surface area (TPSA) is 35.5 Å². The van der Waals surface area contributed by atoms with E-state index in [1.165, 1.54) is 19.2 Å². The van der Waals surface area contributed by atoms with Crippen LogP contribution >= 0.6 is 0 Å². The first-order valence-corrected chi connectivity index (χ1v) is 6.76. The SMILES string of the molecule is CCCOc1cccc(C(=O)c2ccc(OC)cc2F)c1. The Kier molecular flexibility index (Phi) is 4.93. The highest BCUT2D eigenvalue weighted by atomic mass is 19.1. The molecule has 0 unspecified atom stereocenters. The summed E-state index contributed by atoms with van der Waals surface area (Å²) >= 11 is 0. The lowest BCUT2D eigenvalue weighted by Gasteiger charge is -2.08. The minimum atomic E-state index is -0.598. The van der Waals surface area contributed by atoms with Crippen LogP contribution in [0, 0.1) is 5.82 Å². The van der Waals surface area contributed by atoms with Crippen LogP contribution in [0.15, 0.2) is 42.5 Å². The molecule has 0 atom stereocenters. The van der Waals surface area contributed by atoms with Crippen molar-refractivity contribution in [3.63, 3.8) is 0 Å². The summed E-state index contributed by atoms with van der Waals surface area (Å²) in [6.07, 6.45) is 0.880. The maximum atomic E-state index is 13.9. The molecule has 0 heterocycles. The van der Waals surface area contributed by atoms with E-state index in [9.17, 15) is 9.18 Å². The second-order valence-electron chi connectivity index (χ2n) is 4.55. The van der Waals surface area contributed by atoms with Crippen LogP contribution in [0.2, 0.25) is 0 Å². The molecule has 3 nitrogen and oxygen atoms in total. The highest BCUT2D eigenvalue weighted by Crippen LogP contribution is 2.21. The number of halogens is 1. The highest BCUT2D eigenvalue weighted by molar-refractivity contribution is 6.09. The van der Waals surface area contributed by atoms with Gasteiger partial charge in [0.1, 0.15) is 17.3 Å². The second kappa shape index (κ2) is 6.88. The smallest absolute Gasteiger partial charge is 0.196 e. The van der Waals surface area contributed by atoms with Crippen LogP contribution < -0.4 is 9.47 Å². The van der Waals surface area contributed by atoms with Crippen molar-refractivity contribution in [3.8, 4) is 11.5 Å². The summed E-state index contributed by atoms with van der Waals surface area (Å²) in [5.74, 6) is 0.0111. The third-order valence-electron chi connectivity index (χ3n) is 2.99. The molecule has 2 aromatic rings. The van der Waals surface area contributed by atoms with E-state index in [-0.39, 0.29) is 11.3 Å². The normalized spacial score (nSPS) is 10.2. The minimum absolute atomic E-state index is 0.0171. The molecule has 2 rings (SSSR count). The third-order valence-corrected chi connectivity index (χ3v) is 2.99. The molecule has 0 aromatic heterocycles. The van der Waals surface area contributed by atoms with E-state index in [4.69, 9.17) is 9.47 Å². The first kappa shape index (κ1) is 15.0. The van der Waals surface area contributed by atoms with E-state index in [1.807, 2.05) is 6.92 Å². The number of ether oxygens (including phenoxy) is 2. The molecule has 0 radical (unpaired) electrons. The number of methoxy groups -OCH3 is 1. The lowest BCUT2D eigenvalue weighted by molar-refractivity contribution is 0.103. The first-order chi connectivity index (χ1) is 10.2. The lowest BCUT2D eigenvalue weighted by Crippen LogP contribution is -2.05. The summed E-state index contributed by atoms with van der Waals surface area (Å²) in [6.45, 7) is 2.58. The quantitative estimate of drug-likeness (QED) is 0.757. The van der Waals surface area contributed by atoms with Gasteiger partial charge in [0.15, 0.2) is 5.78 Å². The van der Waals surface area contributed by atoms with Crippen molar-refractivity contribution in [2.24, 2.45) is 0 Å². The maximum Gasteiger partial charge on any atom is 0.196 e. The summed E-state index contributed by atoms with van der Waals surface area (Å²) in [6, 6.07) is 11.0. The molecule has 0 N–H and O–H groups in total. The first-order valence-electron chi connectivity index (χ1n) is 6.76. The Hall–Kier alpha value is -2.36. The van der Waals surface area contributed by atoms with Crippen LogP contribution in [0.25, 0.3) is 0 Å². The minimum Gasteiger partial charge on any atom is -0.497 e. The van der Waals surface area contributed by atoms with Crippen molar-refractivity contribution in [3.05, 3.63) is 59.4 Å². The van der Waals surface area contributed by atoms with Crippen LogP contribution in [-0.4, -0.2) is 19.5 Å². The average molecular weight is 288 g/mol. The van der Waals surface area contributed by atoms with Crippen LogP contribution in [-0.2, 0) is 0 Å². The van der Waals surface area contributed by atoms with Crippen molar-refractivity contribution in [1.29, 1.82) is 0 Å². The van der Waals surface area contributed by atoms with Crippen LogP contribution in [0.5, 0.6) is 11.5 Å².